The highest BCUT2D eigenvalue weighted by Crippen LogP contribution is 2.29. The second-order valence-corrected chi connectivity index (χ2v) is 6.97. The van der Waals surface area contributed by atoms with Crippen molar-refractivity contribution in [1.29, 1.82) is 0 Å². The van der Waals surface area contributed by atoms with Crippen molar-refractivity contribution in [3.8, 4) is 5.69 Å². The largest absolute Gasteiger partial charge is 0.416 e. The first-order valence-electron chi connectivity index (χ1n) is 9.35. The molecule has 1 unspecified atom stereocenters. The van der Waals surface area contributed by atoms with Crippen molar-refractivity contribution in [2.45, 2.75) is 25.7 Å². The second-order valence-electron chi connectivity index (χ2n) is 6.97. The first kappa shape index (κ1) is 19.2. The molecule has 0 spiro atoms. The van der Waals surface area contributed by atoms with Crippen LogP contribution in [0.3, 0.4) is 0 Å². The summed E-state index contributed by atoms with van der Waals surface area (Å²) in [7, 11) is 0. The van der Waals surface area contributed by atoms with Crippen LogP contribution in [0.1, 0.15) is 29.8 Å². The van der Waals surface area contributed by atoms with Gasteiger partial charge in [-0.3, -0.25) is 0 Å². The molecule has 1 aromatic heterocycles. The molecule has 1 heterocycles. The highest BCUT2D eigenvalue weighted by molar-refractivity contribution is 5.86. The topological polar surface area (TPSA) is 29.9 Å². The maximum Gasteiger partial charge on any atom is 0.416 e. The lowest BCUT2D eigenvalue weighted by molar-refractivity contribution is -0.137. The van der Waals surface area contributed by atoms with Crippen LogP contribution in [0.25, 0.3) is 16.5 Å². The number of benzene rings is 3. The Balaban J connectivity index is 1.45. The van der Waals surface area contributed by atoms with Crippen molar-refractivity contribution in [3.63, 3.8) is 0 Å². The number of halogens is 3. The zero-order chi connectivity index (χ0) is 20.4. The zero-order valence-electron chi connectivity index (χ0n) is 15.8. The Labute approximate surface area is 166 Å². The van der Waals surface area contributed by atoms with E-state index in [9.17, 15) is 13.2 Å². The Kier molecular flexibility index (Phi) is 5.11. The Hall–Kier alpha value is -3.12. The number of nitrogens with zero attached hydrogens (tertiary/aromatic N) is 2. The maximum atomic E-state index is 12.7. The first-order valence-corrected chi connectivity index (χ1v) is 9.35. The minimum absolute atomic E-state index is 0.123. The molecule has 0 fully saturated rings. The first-order chi connectivity index (χ1) is 13.9. The highest BCUT2D eigenvalue weighted by atomic mass is 19.4. The summed E-state index contributed by atoms with van der Waals surface area (Å²) in [5.41, 5.74) is 1.95. The van der Waals surface area contributed by atoms with Crippen molar-refractivity contribution >= 4 is 10.8 Å². The molecule has 0 saturated heterocycles. The Morgan fingerprint density at radius 3 is 2.41 bits per heavy atom. The van der Waals surface area contributed by atoms with Crippen LogP contribution in [0, 0.1) is 0 Å². The van der Waals surface area contributed by atoms with Crippen LogP contribution in [0.5, 0.6) is 0 Å². The minimum atomic E-state index is -4.34. The smallest absolute Gasteiger partial charge is 0.304 e. The van der Waals surface area contributed by atoms with Crippen LogP contribution in [-0.4, -0.2) is 9.78 Å². The van der Waals surface area contributed by atoms with Crippen molar-refractivity contribution in [2.24, 2.45) is 0 Å². The molecule has 0 aliphatic heterocycles. The maximum absolute atomic E-state index is 12.7. The fourth-order valence-corrected chi connectivity index (χ4v) is 3.40. The quantitative estimate of drug-likeness (QED) is 0.456. The molecule has 3 nitrogen and oxygen atoms in total. The molecule has 4 aromatic rings. The van der Waals surface area contributed by atoms with Gasteiger partial charge in [-0.05, 0) is 53.6 Å². The van der Waals surface area contributed by atoms with Crippen LogP contribution < -0.4 is 5.32 Å². The number of rotatable bonds is 5. The Morgan fingerprint density at radius 1 is 0.931 bits per heavy atom. The molecule has 0 bridgehead atoms. The summed E-state index contributed by atoms with van der Waals surface area (Å²) in [6.45, 7) is 2.66. The van der Waals surface area contributed by atoms with E-state index in [0.29, 0.717) is 12.2 Å². The molecule has 4 rings (SSSR count). The molecule has 3 aromatic carbocycles. The number of hydrogen-bond donors (Lipinski definition) is 1. The number of nitrogens with one attached hydrogen (secondary N) is 1. The predicted octanol–water partition coefficient (Wildman–Crippen LogP) is 5.90. The SMILES string of the molecule is CC(NCc1ccn(-c2ccc(C(F)(F)F)cc2)n1)c1cccc2ccccc12. The molecular formula is C23H20F3N3. The third kappa shape index (κ3) is 4.17. The Bertz CT molecular complexity index is 1110. The standard InChI is InChI=1S/C23H20F3N3/c1-16(21-8-4-6-17-5-2-3-7-22(17)21)27-15-19-13-14-29(28-19)20-11-9-18(10-12-20)23(24,25)26/h2-14,16,27H,15H2,1H3. The molecule has 0 radical (unpaired) electrons. The van der Waals surface area contributed by atoms with E-state index in [4.69, 9.17) is 0 Å². The van der Waals surface area contributed by atoms with Crippen molar-refractivity contribution in [3.05, 3.63) is 95.8 Å². The number of aromatic nitrogens is 2. The normalized spacial score (nSPS) is 13.0. The molecule has 148 valence electrons. The van der Waals surface area contributed by atoms with Gasteiger partial charge in [0.1, 0.15) is 0 Å². The number of hydrogen-bond acceptors (Lipinski definition) is 2. The average Bonchev–Trinajstić information content (AvgIpc) is 3.20. The lowest BCUT2D eigenvalue weighted by Gasteiger charge is -2.16. The van der Waals surface area contributed by atoms with Gasteiger partial charge in [-0.15, -0.1) is 0 Å². The van der Waals surface area contributed by atoms with E-state index >= 15 is 0 Å². The van der Waals surface area contributed by atoms with E-state index in [1.165, 1.54) is 28.5 Å². The summed E-state index contributed by atoms with van der Waals surface area (Å²) < 4.78 is 39.7. The monoisotopic (exact) mass is 395 g/mol. The van der Waals surface area contributed by atoms with Crippen LogP contribution in [-0.2, 0) is 12.7 Å². The van der Waals surface area contributed by atoms with Crippen molar-refractivity contribution < 1.29 is 13.2 Å². The predicted molar refractivity (Wildman–Crippen MR) is 108 cm³/mol. The third-order valence-corrected chi connectivity index (χ3v) is 4.98. The van der Waals surface area contributed by atoms with Gasteiger partial charge in [0.2, 0.25) is 0 Å². The van der Waals surface area contributed by atoms with Gasteiger partial charge in [0.05, 0.1) is 16.9 Å². The summed E-state index contributed by atoms with van der Waals surface area (Å²) in [4.78, 5) is 0. The van der Waals surface area contributed by atoms with E-state index in [0.717, 1.165) is 17.8 Å². The van der Waals surface area contributed by atoms with E-state index in [1.807, 2.05) is 18.2 Å². The molecule has 6 heteroatoms. The van der Waals surface area contributed by atoms with E-state index in [-0.39, 0.29) is 6.04 Å². The van der Waals surface area contributed by atoms with E-state index < -0.39 is 11.7 Å². The molecule has 0 saturated carbocycles. The Morgan fingerprint density at radius 2 is 1.66 bits per heavy atom. The minimum Gasteiger partial charge on any atom is -0.304 e. The van der Waals surface area contributed by atoms with Gasteiger partial charge >= 0.3 is 6.18 Å². The van der Waals surface area contributed by atoms with E-state index in [2.05, 4.69) is 47.7 Å². The van der Waals surface area contributed by atoms with Crippen LogP contribution in [0.2, 0.25) is 0 Å². The van der Waals surface area contributed by atoms with Gasteiger partial charge < -0.3 is 5.32 Å². The summed E-state index contributed by atoms with van der Waals surface area (Å²) in [5, 5.41) is 10.4. The fraction of sp³-hybridized carbons (Fsp3) is 0.174. The van der Waals surface area contributed by atoms with Crippen LogP contribution >= 0.6 is 0 Å². The van der Waals surface area contributed by atoms with E-state index in [1.54, 1.807) is 10.9 Å². The molecule has 0 aliphatic rings. The molecule has 1 atom stereocenters. The zero-order valence-corrected chi connectivity index (χ0v) is 15.8. The summed E-state index contributed by atoms with van der Waals surface area (Å²) >= 11 is 0. The molecular weight excluding hydrogens is 375 g/mol. The molecule has 29 heavy (non-hydrogen) atoms. The van der Waals surface area contributed by atoms with Crippen LogP contribution in [0.15, 0.2) is 79.0 Å². The summed E-state index contributed by atoms with van der Waals surface area (Å²) in [6.07, 6.45) is -2.59. The average molecular weight is 395 g/mol. The third-order valence-electron chi connectivity index (χ3n) is 4.98. The molecule has 1 N–H and O–H groups in total. The summed E-state index contributed by atoms with van der Waals surface area (Å²) in [5.74, 6) is 0. The summed E-state index contributed by atoms with van der Waals surface area (Å²) in [6, 6.07) is 21.5. The fourth-order valence-electron chi connectivity index (χ4n) is 3.40. The van der Waals surface area contributed by atoms with Crippen LogP contribution in [0.4, 0.5) is 13.2 Å². The van der Waals surface area contributed by atoms with Gasteiger partial charge in [0.25, 0.3) is 0 Å². The lowest BCUT2D eigenvalue weighted by atomic mass is 10.00. The lowest BCUT2D eigenvalue weighted by Crippen LogP contribution is -2.18. The highest BCUT2D eigenvalue weighted by Gasteiger charge is 2.30. The van der Waals surface area contributed by atoms with Gasteiger partial charge in [0.15, 0.2) is 0 Å². The van der Waals surface area contributed by atoms with Gasteiger partial charge in [-0.2, -0.15) is 18.3 Å². The number of fused-ring (bicyclic) bond motifs is 1. The molecule has 0 amide bonds. The van der Waals surface area contributed by atoms with Gasteiger partial charge in [0, 0.05) is 18.8 Å². The number of alkyl halides is 3. The molecule has 0 aliphatic carbocycles. The second kappa shape index (κ2) is 7.72. The van der Waals surface area contributed by atoms with Gasteiger partial charge in [-0.25, -0.2) is 4.68 Å². The van der Waals surface area contributed by atoms with Crippen molar-refractivity contribution in [2.75, 3.05) is 0 Å². The van der Waals surface area contributed by atoms with Crippen molar-refractivity contribution in [1.82, 2.24) is 15.1 Å². The van der Waals surface area contributed by atoms with Gasteiger partial charge in [-0.1, -0.05) is 42.5 Å².